The summed E-state index contributed by atoms with van der Waals surface area (Å²) in [5.74, 6) is 0.826. The lowest BCUT2D eigenvalue weighted by atomic mass is 9.90. The molecule has 2 unspecified atom stereocenters. The molecule has 1 aliphatic rings. The van der Waals surface area contributed by atoms with Crippen molar-refractivity contribution in [3.63, 3.8) is 0 Å². The van der Waals surface area contributed by atoms with Crippen LogP contribution in [0, 0.1) is 0 Å². The van der Waals surface area contributed by atoms with E-state index in [4.69, 9.17) is 21.1 Å². The van der Waals surface area contributed by atoms with Gasteiger partial charge in [0.25, 0.3) is 0 Å². The lowest BCUT2D eigenvalue weighted by Gasteiger charge is -2.38. The summed E-state index contributed by atoms with van der Waals surface area (Å²) < 4.78 is 12.5. The Morgan fingerprint density at radius 1 is 1.48 bits per heavy atom. The van der Waals surface area contributed by atoms with Gasteiger partial charge in [0.2, 0.25) is 0 Å². The van der Waals surface area contributed by atoms with E-state index < -0.39 is 0 Å². The zero-order valence-corrected chi connectivity index (χ0v) is 15.2. The van der Waals surface area contributed by atoms with Crippen LogP contribution in [0.15, 0.2) is 16.6 Å². The minimum absolute atomic E-state index is 0.0441. The SMILES string of the molecule is CCOc1c(Br)cc(Cl)cc1NC1CCOC(C)(CC)C1. The Labute approximate surface area is 140 Å². The van der Waals surface area contributed by atoms with Crippen molar-refractivity contribution in [2.45, 2.75) is 51.7 Å². The van der Waals surface area contributed by atoms with E-state index in [0.717, 1.165) is 41.8 Å². The van der Waals surface area contributed by atoms with Crippen LogP contribution in [-0.4, -0.2) is 24.9 Å². The van der Waals surface area contributed by atoms with Crippen molar-refractivity contribution in [3.05, 3.63) is 21.6 Å². The summed E-state index contributed by atoms with van der Waals surface area (Å²) in [6, 6.07) is 4.15. The van der Waals surface area contributed by atoms with E-state index in [1.165, 1.54) is 0 Å². The molecule has 0 amide bonds. The van der Waals surface area contributed by atoms with Crippen LogP contribution in [0.5, 0.6) is 5.75 Å². The van der Waals surface area contributed by atoms with Crippen LogP contribution in [0.4, 0.5) is 5.69 Å². The van der Waals surface area contributed by atoms with Crippen molar-refractivity contribution < 1.29 is 9.47 Å². The summed E-state index contributed by atoms with van der Waals surface area (Å²) in [4.78, 5) is 0. The van der Waals surface area contributed by atoms with Gasteiger partial charge in [0.05, 0.1) is 22.4 Å². The number of hydrogen-bond donors (Lipinski definition) is 1. The fourth-order valence-corrected chi connectivity index (χ4v) is 3.60. The predicted octanol–water partition coefficient (Wildman–Crippen LogP) is 5.26. The Balaban J connectivity index is 2.18. The highest BCUT2D eigenvalue weighted by Gasteiger charge is 2.32. The first kappa shape index (κ1) is 16.9. The number of ether oxygens (including phenoxy) is 2. The molecule has 1 aromatic carbocycles. The van der Waals surface area contributed by atoms with Crippen molar-refractivity contribution >= 4 is 33.2 Å². The quantitative estimate of drug-likeness (QED) is 0.760. The molecule has 0 aromatic heterocycles. The second-order valence-electron chi connectivity index (χ2n) is 5.68. The molecule has 0 saturated carbocycles. The van der Waals surface area contributed by atoms with Crippen LogP contribution in [0.2, 0.25) is 5.02 Å². The first-order chi connectivity index (χ1) is 9.97. The van der Waals surface area contributed by atoms with Gasteiger partial charge in [-0.25, -0.2) is 0 Å². The summed E-state index contributed by atoms with van der Waals surface area (Å²) >= 11 is 9.70. The van der Waals surface area contributed by atoms with Gasteiger partial charge >= 0.3 is 0 Å². The Kier molecular flexibility index (Phi) is 5.81. The number of nitrogens with one attached hydrogen (secondary N) is 1. The van der Waals surface area contributed by atoms with E-state index in [1.54, 1.807) is 0 Å². The molecule has 5 heteroatoms. The second kappa shape index (κ2) is 7.21. The van der Waals surface area contributed by atoms with Crippen molar-refractivity contribution in [3.8, 4) is 5.75 Å². The topological polar surface area (TPSA) is 30.5 Å². The van der Waals surface area contributed by atoms with E-state index in [-0.39, 0.29) is 5.60 Å². The molecule has 118 valence electrons. The number of anilines is 1. The van der Waals surface area contributed by atoms with Crippen molar-refractivity contribution in [1.29, 1.82) is 0 Å². The predicted molar refractivity (Wildman–Crippen MR) is 91.6 cm³/mol. The molecule has 1 fully saturated rings. The molecular weight excluding hydrogens is 354 g/mol. The molecule has 0 spiro atoms. The monoisotopic (exact) mass is 375 g/mol. The molecule has 1 heterocycles. The van der Waals surface area contributed by atoms with E-state index in [0.29, 0.717) is 17.7 Å². The Bertz CT molecular complexity index is 497. The number of hydrogen-bond acceptors (Lipinski definition) is 3. The van der Waals surface area contributed by atoms with E-state index in [9.17, 15) is 0 Å². The average Bonchev–Trinajstić information content (AvgIpc) is 2.43. The van der Waals surface area contributed by atoms with Gasteiger partial charge in [-0.3, -0.25) is 0 Å². The van der Waals surface area contributed by atoms with Crippen LogP contribution in [0.25, 0.3) is 0 Å². The Hall–Kier alpha value is -0.450. The Morgan fingerprint density at radius 2 is 2.24 bits per heavy atom. The third kappa shape index (κ3) is 4.27. The van der Waals surface area contributed by atoms with Crippen LogP contribution in [-0.2, 0) is 4.74 Å². The summed E-state index contributed by atoms with van der Waals surface area (Å²) in [7, 11) is 0. The zero-order valence-electron chi connectivity index (χ0n) is 12.8. The lowest BCUT2D eigenvalue weighted by Crippen LogP contribution is -2.41. The highest BCUT2D eigenvalue weighted by atomic mass is 79.9. The molecule has 1 aromatic rings. The standard InChI is InChI=1S/C16H23BrClNO2/c1-4-16(3)10-12(6-7-21-16)19-14-9-11(18)8-13(17)15(14)20-5-2/h8-9,12,19H,4-7,10H2,1-3H3. The van der Waals surface area contributed by atoms with Gasteiger partial charge in [-0.1, -0.05) is 18.5 Å². The van der Waals surface area contributed by atoms with Crippen molar-refractivity contribution in [2.24, 2.45) is 0 Å². The highest BCUT2D eigenvalue weighted by Crippen LogP contribution is 2.38. The first-order valence-corrected chi connectivity index (χ1v) is 8.67. The van der Waals surface area contributed by atoms with Crippen molar-refractivity contribution in [2.75, 3.05) is 18.5 Å². The van der Waals surface area contributed by atoms with Crippen LogP contribution in [0.3, 0.4) is 0 Å². The maximum Gasteiger partial charge on any atom is 0.156 e. The van der Waals surface area contributed by atoms with Gasteiger partial charge in [-0.05, 0) is 61.2 Å². The minimum Gasteiger partial charge on any atom is -0.491 e. The van der Waals surface area contributed by atoms with Gasteiger partial charge in [0.15, 0.2) is 5.75 Å². The molecule has 0 aliphatic carbocycles. The maximum atomic E-state index is 6.17. The normalized spacial score (nSPS) is 25.7. The average molecular weight is 377 g/mol. The molecular formula is C16H23BrClNO2. The van der Waals surface area contributed by atoms with Crippen molar-refractivity contribution in [1.82, 2.24) is 0 Å². The van der Waals surface area contributed by atoms with E-state index in [2.05, 4.69) is 35.1 Å². The van der Waals surface area contributed by atoms with Gasteiger partial charge in [-0.15, -0.1) is 0 Å². The molecule has 21 heavy (non-hydrogen) atoms. The number of halogens is 2. The molecule has 2 rings (SSSR count). The van der Waals surface area contributed by atoms with Gasteiger partial charge < -0.3 is 14.8 Å². The molecule has 0 bridgehead atoms. The molecule has 2 atom stereocenters. The number of rotatable bonds is 5. The van der Waals surface area contributed by atoms with Crippen LogP contribution < -0.4 is 10.1 Å². The fraction of sp³-hybridized carbons (Fsp3) is 0.625. The fourth-order valence-electron chi connectivity index (χ4n) is 2.68. The third-order valence-corrected chi connectivity index (χ3v) is 4.81. The Morgan fingerprint density at radius 3 is 2.90 bits per heavy atom. The van der Waals surface area contributed by atoms with E-state index >= 15 is 0 Å². The van der Waals surface area contributed by atoms with Gasteiger partial charge in [0, 0.05) is 17.7 Å². The molecule has 0 radical (unpaired) electrons. The van der Waals surface area contributed by atoms with E-state index in [1.807, 2.05) is 19.1 Å². The second-order valence-corrected chi connectivity index (χ2v) is 6.97. The maximum absolute atomic E-state index is 6.17. The highest BCUT2D eigenvalue weighted by molar-refractivity contribution is 9.10. The minimum atomic E-state index is -0.0441. The molecule has 1 aliphatic heterocycles. The molecule has 1 N–H and O–H groups in total. The zero-order chi connectivity index (χ0) is 15.5. The molecule has 1 saturated heterocycles. The third-order valence-electron chi connectivity index (χ3n) is 4.00. The summed E-state index contributed by atoms with van der Waals surface area (Å²) in [5.41, 5.74) is 0.902. The summed E-state index contributed by atoms with van der Waals surface area (Å²) in [6.07, 6.45) is 2.99. The lowest BCUT2D eigenvalue weighted by molar-refractivity contribution is -0.0709. The van der Waals surface area contributed by atoms with Gasteiger partial charge in [0.1, 0.15) is 0 Å². The number of benzene rings is 1. The largest absolute Gasteiger partial charge is 0.491 e. The van der Waals surface area contributed by atoms with Crippen LogP contribution >= 0.6 is 27.5 Å². The molecule has 3 nitrogen and oxygen atoms in total. The summed E-state index contributed by atoms with van der Waals surface area (Å²) in [5, 5.41) is 4.28. The summed E-state index contributed by atoms with van der Waals surface area (Å²) in [6.45, 7) is 7.73. The smallest absolute Gasteiger partial charge is 0.156 e. The first-order valence-electron chi connectivity index (χ1n) is 7.49. The van der Waals surface area contributed by atoms with Gasteiger partial charge in [-0.2, -0.15) is 0 Å². The van der Waals surface area contributed by atoms with Crippen LogP contribution in [0.1, 0.15) is 40.0 Å².